The Balaban J connectivity index is 3.23. The molecule has 0 aliphatic heterocycles. The van der Waals surface area contributed by atoms with Crippen LogP contribution in [0.3, 0.4) is 0 Å². The van der Waals surface area contributed by atoms with Crippen LogP contribution >= 0.6 is 0 Å². The Labute approximate surface area is 138 Å². The van der Waals surface area contributed by atoms with Crippen LogP contribution in [0.5, 0.6) is 0 Å². The minimum absolute atomic E-state index is 0.0812. The molecule has 0 saturated heterocycles. The molecular weight excluding hydrogens is 276 g/mol. The molecule has 0 aliphatic carbocycles. The molecule has 22 heavy (non-hydrogen) atoms. The van der Waals surface area contributed by atoms with E-state index in [0.717, 1.165) is 12.8 Å². The molecule has 0 aromatic rings. The van der Waals surface area contributed by atoms with Crippen molar-refractivity contribution in [2.75, 3.05) is 19.8 Å². The van der Waals surface area contributed by atoms with E-state index < -0.39 is 0 Å². The molecule has 0 aromatic carbocycles. The van der Waals surface area contributed by atoms with Crippen LogP contribution in [-0.4, -0.2) is 25.8 Å². The van der Waals surface area contributed by atoms with E-state index in [-0.39, 0.29) is 11.4 Å². The average Bonchev–Trinajstić information content (AvgIpc) is 2.44. The Bertz CT molecular complexity index is 256. The Morgan fingerprint density at radius 1 is 0.818 bits per heavy atom. The second-order valence-electron chi connectivity index (χ2n) is 7.41. The summed E-state index contributed by atoms with van der Waals surface area (Å²) in [7, 11) is 0. The first-order valence-electron chi connectivity index (χ1n) is 9.19. The van der Waals surface area contributed by atoms with Crippen molar-refractivity contribution in [1.82, 2.24) is 0 Å². The zero-order valence-electron chi connectivity index (χ0n) is 15.4. The van der Waals surface area contributed by atoms with Crippen molar-refractivity contribution in [2.24, 2.45) is 5.41 Å². The first-order chi connectivity index (χ1) is 10.5. The lowest BCUT2D eigenvalue weighted by atomic mass is 9.99. The van der Waals surface area contributed by atoms with E-state index in [0.29, 0.717) is 26.2 Å². The lowest BCUT2D eigenvalue weighted by molar-refractivity contribution is -0.145. The normalized spacial score (nSPS) is 11.6. The third kappa shape index (κ3) is 17.5. The van der Waals surface area contributed by atoms with Crippen LogP contribution in [-0.2, 0) is 14.3 Å². The van der Waals surface area contributed by atoms with Gasteiger partial charge in [0.25, 0.3) is 0 Å². The summed E-state index contributed by atoms with van der Waals surface area (Å²) < 4.78 is 10.6. The molecule has 0 aliphatic rings. The van der Waals surface area contributed by atoms with E-state index in [1.807, 2.05) is 0 Å². The van der Waals surface area contributed by atoms with Crippen LogP contribution in [0.2, 0.25) is 0 Å². The number of carbonyl (C=O) groups is 1. The van der Waals surface area contributed by atoms with Crippen molar-refractivity contribution in [3.63, 3.8) is 0 Å². The molecule has 0 spiro atoms. The summed E-state index contributed by atoms with van der Waals surface area (Å²) in [4.78, 5) is 11.5. The van der Waals surface area contributed by atoms with Crippen LogP contribution < -0.4 is 0 Å². The van der Waals surface area contributed by atoms with Gasteiger partial charge in [0.05, 0.1) is 13.2 Å². The van der Waals surface area contributed by atoms with Gasteiger partial charge in [0.1, 0.15) is 6.61 Å². The maximum atomic E-state index is 11.5. The van der Waals surface area contributed by atoms with Gasteiger partial charge in [-0.25, -0.2) is 0 Å². The molecule has 0 unspecified atom stereocenters. The average molecular weight is 315 g/mol. The zero-order chi connectivity index (χ0) is 16.7. The van der Waals surface area contributed by atoms with Gasteiger partial charge >= 0.3 is 5.97 Å². The van der Waals surface area contributed by atoms with Gasteiger partial charge in [-0.3, -0.25) is 4.79 Å². The van der Waals surface area contributed by atoms with E-state index in [9.17, 15) is 4.79 Å². The molecule has 0 rings (SSSR count). The van der Waals surface area contributed by atoms with Crippen molar-refractivity contribution in [3.8, 4) is 0 Å². The fourth-order valence-corrected chi connectivity index (χ4v) is 2.24. The van der Waals surface area contributed by atoms with Crippen LogP contribution in [0, 0.1) is 5.41 Å². The van der Waals surface area contributed by atoms with Gasteiger partial charge < -0.3 is 9.47 Å². The smallest absolute Gasteiger partial charge is 0.305 e. The monoisotopic (exact) mass is 314 g/mol. The van der Waals surface area contributed by atoms with Crippen LogP contribution in [0.15, 0.2) is 0 Å². The molecule has 0 atom stereocenters. The standard InChI is InChI=1S/C19H38O3/c1-5-6-7-8-9-10-11-12-13-14-18(20)22-16-15-21-17-19(2,3)4/h5-17H2,1-4H3. The molecule has 0 fully saturated rings. The quantitative estimate of drug-likeness (QED) is 0.313. The van der Waals surface area contributed by atoms with Crippen molar-refractivity contribution in [2.45, 2.75) is 91.9 Å². The summed E-state index contributed by atoms with van der Waals surface area (Å²) in [5.74, 6) is -0.0812. The van der Waals surface area contributed by atoms with E-state index in [1.54, 1.807) is 0 Å². The SMILES string of the molecule is CCCCCCCCCCCC(=O)OCCOCC(C)(C)C. The lowest BCUT2D eigenvalue weighted by Gasteiger charge is -2.17. The highest BCUT2D eigenvalue weighted by Crippen LogP contribution is 2.13. The first kappa shape index (κ1) is 21.4. The van der Waals surface area contributed by atoms with Gasteiger partial charge in [0, 0.05) is 6.42 Å². The van der Waals surface area contributed by atoms with Crippen LogP contribution in [0.4, 0.5) is 0 Å². The highest BCUT2D eigenvalue weighted by molar-refractivity contribution is 5.69. The summed E-state index contributed by atoms with van der Waals surface area (Å²) >= 11 is 0. The number of hydrogen-bond acceptors (Lipinski definition) is 3. The summed E-state index contributed by atoms with van der Waals surface area (Å²) in [5, 5.41) is 0. The predicted octanol–water partition coefficient (Wildman–Crippen LogP) is 5.51. The van der Waals surface area contributed by atoms with Gasteiger partial charge in [-0.1, -0.05) is 79.1 Å². The maximum absolute atomic E-state index is 11.5. The maximum Gasteiger partial charge on any atom is 0.305 e. The summed E-state index contributed by atoms with van der Waals surface area (Å²) in [6.07, 6.45) is 12.0. The minimum Gasteiger partial charge on any atom is -0.463 e. The Kier molecular flexibility index (Phi) is 13.7. The van der Waals surface area contributed by atoms with E-state index in [2.05, 4.69) is 27.7 Å². The minimum atomic E-state index is -0.0812. The number of ether oxygens (including phenoxy) is 2. The molecule has 132 valence electrons. The zero-order valence-corrected chi connectivity index (χ0v) is 15.4. The molecule has 0 radical (unpaired) electrons. The Morgan fingerprint density at radius 3 is 1.91 bits per heavy atom. The van der Waals surface area contributed by atoms with E-state index >= 15 is 0 Å². The molecule has 0 amide bonds. The van der Waals surface area contributed by atoms with Crippen LogP contribution in [0.1, 0.15) is 91.9 Å². The number of unbranched alkanes of at least 4 members (excludes halogenated alkanes) is 8. The number of carbonyl (C=O) groups excluding carboxylic acids is 1. The fraction of sp³-hybridized carbons (Fsp3) is 0.947. The number of esters is 1. The van der Waals surface area contributed by atoms with Gasteiger partial charge in [0.2, 0.25) is 0 Å². The van der Waals surface area contributed by atoms with Crippen molar-refractivity contribution in [3.05, 3.63) is 0 Å². The highest BCUT2D eigenvalue weighted by atomic mass is 16.6. The topological polar surface area (TPSA) is 35.5 Å². The molecule has 0 bridgehead atoms. The first-order valence-corrected chi connectivity index (χ1v) is 9.19. The Hall–Kier alpha value is -0.570. The molecular formula is C19H38O3. The van der Waals surface area contributed by atoms with Gasteiger partial charge in [-0.2, -0.15) is 0 Å². The summed E-state index contributed by atoms with van der Waals surface area (Å²) in [5.41, 5.74) is 0.167. The van der Waals surface area contributed by atoms with Crippen LogP contribution in [0.25, 0.3) is 0 Å². The largest absolute Gasteiger partial charge is 0.463 e. The third-order valence-electron chi connectivity index (χ3n) is 3.51. The van der Waals surface area contributed by atoms with Gasteiger partial charge in [-0.05, 0) is 11.8 Å². The van der Waals surface area contributed by atoms with E-state index in [4.69, 9.17) is 9.47 Å². The predicted molar refractivity (Wildman–Crippen MR) is 93.1 cm³/mol. The third-order valence-corrected chi connectivity index (χ3v) is 3.51. The van der Waals surface area contributed by atoms with Gasteiger partial charge in [0.15, 0.2) is 0 Å². The number of hydrogen-bond donors (Lipinski definition) is 0. The van der Waals surface area contributed by atoms with Gasteiger partial charge in [-0.15, -0.1) is 0 Å². The fourth-order valence-electron chi connectivity index (χ4n) is 2.24. The molecule has 0 N–H and O–H groups in total. The summed E-state index contributed by atoms with van der Waals surface area (Å²) in [6.45, 7) is 10.2. The molecule has 0 heterocycles. The highest BCUT2D eigenvalue weighted by Gasteiger charge is 2.10. The molecule has 0 saturated carbocycles. The Morgan fingerprint density at radius 2 is 1.36 bits per heavy atom. The van der Waals surface area contributed by atoms with E-state index in [1.165, 1.54) is 44.9 Å². The molecule has 3 heteroatoms. The second-order valence-corrected chi connectivity index (χ2v) is 7.41. The lowest BCUT2D eigenvalue weighted by Crippen LogP contribution is -2.18. The van der Waals surface area contributed by atoms with Crippen molar-refractivity contribution >= 4 is 5.97 Å². The van der Waals surface area contributed by atoms with Crippen molar-refractivity contribution < 1.29 is 14.3 Å². The number of rotatable bonds is 14. The molecule has 0 aromatic heterocycles. The molecule has 3 nitrogen and oxygen atoms in total. The second kappa shape index (κ2) is 14.0. The van der Waals surface area contributed by atoms with Crippen molar-refractivity contribution in [1.29, 1.82) is 0 Å². The summed E-state index contributed by atoms with van der Waals surface area (Å²) in [6, 6.07) is 0.